The molecule has 0 spiro atoms. The molecular weight excluding hydrogens is 406 g/mol. The molecule has 0 bridgehead atoms. The third-order valence-electron chi connectivity index (χ3n) is 4.69. The number of aryl methyl sites for hydroxylation is 1. The van der Waals surface area contributed by atoms with Crippen LogP contribution in [0.5, 0.6) is 11.5 Å². The molecule has 6 nitrogen and oxygen atoms in total. The van der Waals surface area contributed by atoms with Crippen molar-refractivity contribution in [1.29, 1.82) is 0 Å². The number of hydrogen-bond acceptors (Lipinski definition) is 5. The van der Waals surface area contributed by atoms with E-state index in [4.69, 9.17) is 14.2 Å². The number of nitrogens with one attached hydrogen (secondary N) is 1. The summed E-state index contributed by atoms with van der Waals surface area (Å²) in [6, 6.07) is 23.6. The lowest BCUT2D eigenvalue weighted by molar-refractivity contribution is -0.155. The van der Waals surface area contributed by atoms with E-state index in [1.165, 1.54) is 0 Å². The van der Waals surface area contributed by atoms with Crippen LogP contribution in [0.4, 0.5) is 5.69 Å². The van der Waals surface area contributed by atoms with Gasteiger partial charge in [0, 0.05) is 5.56 Å². The Balaban J connectivity index is 1.67. The number of carbonyl (C=O) groups is 2. The van der Waals surface area contributed by atoms with Gasteiger partial charge in [0.2, 0.25) is 6.10 Å². The molecule has 1 atom stereocenters. The molecule has 6 heteroatoms. The van der Waals surface area contributed by atoms with Crippen molar-refractivity contribution >= 4 is 17.6 Å². The molecule has 3 rings (SSSR count). The summed E-state index contributed by atoms with van der Waals surface area (Å²) in [5, 5.41) is 2.82. The highest BCUT2D eigenvalue weighted by Gasteiger charge is 2.26. The molecular formula is C26H27NO5. The van der Waals surface area contributed by atoms with Crippen molar-refractivity contribution in [2.24, 2.45) is 0 Å². The number of rotatable bonds is 10. The molecule has 1 amide bonds. The molecule has 3 aromatic carbocycles. The van der Waals surface area contributed by atoms with Crippen molar-refractivity contribution in [1.82, 2.24) is 0 Å². The number of anilines is 1. The first-order valence-corrected chi connectivity index (χ1v) is 10.5. The predicted octanol–water partition coefficient (Wildman–Crippen LogP) is 5.09. The quantitative estimate of drug-likeness (QED) is 0.451. The van der Waals surface area contributed by atoms with Crippen LogP contribution in [-0.2, 0) is 14.3 Å². The molecule has 0 saturated carbocycles. The zero-order valence-corrected chi connectivity index (χ0v) is 18.2. The Kier molecular flexibility index (Phi) is 8.26. The van der Waals surface area contributed by atoms with E-state index < -0.39 is 18.0 Å². The lowest BCUT2D eigenvalue weighted by Gasteiger charge is -2.19. The minimum Gasteiger partial charge on any atom is -0.493 e. The van der Waals surface area contributed by atoms with E-state index >= 15 is 0 Å². The predicted molar refractivity (Wildman–Crippen MR) is 123 cm³/mol. The summed E-state index contributed by atoms with van der Waals surface area (Å²) in [5.41, 5.74) is 2.07. The van der Waals surface area contributed by atoms with Crippen molar-refractivity contribution in [3.63, 3.8) is 0 Å². The first-order valence-electron chi connectivity index (χ1n) is 10.5. The van der Waals surface area contributed by atoms with Gasteiger partial charge >= 0.3 is 5.97 Å². The van der Waals surface area contributed by atoms with Crippen LogP contribution in [0.25, 0.3) is 0 Å². The molecule has 32 heavy (non-hydrogen) atoms. The second kappa shape index (κ2) is 11.6. The molecule has 166 valence electrons. The zero-order chi connectivity index (χ0) is 22.8. The maximum absolute atomic E-state index is 13.1. The standard InChI is InChI=1S/C26H27NO5/c1-3-30-23-16-10-8-14-21(23)27-26(29)25(20-12-5-4-6-13-20)32-24(28)17-18-31-22-15-9-7-11-19(22)2/h4-16,25H,3,17-18H2,1-2H3,(H,27,29). The van der Waals surface area contributed by atoms with Gasteiger partial charge in [-0.1, -0.05) is 60.7 Å². The van der Waals surface area contributed by atoms with Crippen LogP contribution < -0.4 is 14.8 Å². The van der Waals surface area contributed by atoms with Gasteiger partial charge in [-0.2, -0.15) is 0 Å². The monoisotopic (exact) mass is 433 g/mol. The van der Waals surface area contributed by atoms with Crippen LogP contribution in [-0.4, -0.2) is 25.1 Å². The van der Waals surface area contributed by atoms with Crippen LogP contribution >= 0.6 is 0 Å². The SMILES string of the molecule is CCOc1ccccc1NC(=O)C(OC(=O)CCOc1ccccc1C)c1ccccc1. The molecule has 1 N–H and O–H groups in total. The summed E-state index contributed by atoms with van der Waals surface area (Å²) in [7, 11) is 0. The summed E-state index contributed by atoms with van der Waals surface area (Å²) in [6.45, 7) is 4.42. The Hall–Kier alpha value is -3.80. The summed E-state index contributed by atoms with van der Waals surface area (Å²) < 4.78 is 16.8. The Morgan fingerprint density at radius 1 is 0.844 bits per heavy atom. The maximum Gasteiger partial charge on any atom is 0.310 e. The average molecular weight is 434 g/mol. The summed E-state index contributed by atoms with van der Waals surface area (Å²) >= 11 is 0. The third-order valence-corrected chi connectivity index (χ3v) is 4.69. The van der Waals surface area contributed by atoms with Gasteiger partial charge in [-0.3, -0.25) is 9.59 Å². The second-order valence-electron chi connectivity index (χ2n) is 7.06. The van der Waals surface area contributed by atoms with Gasteiger partial charge in [-0.25, -0.2) is 0 Å². The van der Waals surface area contributed by atoms with Crippen molar-refractivity contribution in [3.05, 3.63) is 90.0 Å². The minimum absolute atomic E-state index is 0.0144. The Bertz CT molecular complexity index is 1040. The van der Waals surface area contributed by atoms with Crippen LogP contribution in [0.15, 0.2) is 78.9 Å². The fourth-order valence-corrected chi connectivity index (χ4v) is 3.10. The highest BCUT2D eigenvalue weighted by atomic mass is 16.6. The number of para-hydroxylation sites is 3. The summed E-state index contributed by atoms with van der Waals surface area (Å²) in [4.78, 5) is 25.6. The van der Waals surface area contributed by atoms with Gasteiger partial charge in [0.25, 0.3) is 5.91 Å². The van der Waals surface area contributed by atoms with Gasteiger partial charge in [-0.05, 0) is 37.6 Å². The van der Waals surface area contributed by atoms with E-state index in [1.807, 2.05) is 50.2 Å². The van der Waals surface area contributed by atoms with E-state index in [1.54, 1.807) is 42.5 Å². The van der Waals surface area contributed by atoms with Crippen LogP contribution in [0, 0.1) is 6.92 Å². The Labute approximate surface area is 188 Å². The molecule has 0 heterocycles. The molecule has 0 aliphatic carbocycles. The number of hydrogen-bond donors (Lipinski definition) is 1. The molecule has 0 fully saturated rings. The second-order valence-corrected chi connectivity index (χ2v) is 7.06. The Morgan fingerprint density at radius 3 is 2.22 bits per heavy atom. The number of amides is 1. The molecule has 1 unspecified atom stereocenters. The van der Waals surface area contributed by atoms with Gasteiger partial charge in [0.15, 0.2) is 0 Å². The van der Waals surface area contributed by atoms with E-state index in [9.17, 15) is 9.59 Å². The van der Waals surface area contributed by atoms with Crippen molar-refractivity contribution in [2.45, 2.75) is 26.4 Å². The lowest BCUT2D eigenvalue weighted by Crippen LogP contribution is -2.26. The fraction of sp³-hybridized carbons (Fsp3) is 0.231. The van der Waals surface area contributed by atoms with Crippen LogP contribution in [0.1, 0.15) is 30.6 Å². The van der Waals surface area contributed by atoms with E-state index in [-0.39, 0.29) is 13.0 Å². The molecule has 3 aromatic rings. The molecule has 0 aliphatic heterocycles. The number of esters is 1. The summed E-state index contributed by atoms with van der Waals surface area (Å²) in [6.07, 6.45) is -1.09. The highest BCUT2D eigenvalue weighted by molar-refractivity contribution is 5.97. The Morgan fingerprint density at radius 2 is 1.50 bits per heavy atom. The van der Waals surface area contributed by atoms with Crippen LogP contribution in [0.2, 0.25) is 0 Å². The van der Waals surface area contributed by atoms with Crippen molar-refractivity contribution in [2.75, 3.05) is 18.5 Å². The smallest absolute Gasteiger partial charge is 0.310 e. The lowest BCUT2D eigenvalue weighted by atomic mass is 10.1. The van der Waals surface area contributed by atoms with Gasteiger partial charge in [0.1, 0.15) is 11.5 Å². The summed E-state index contributed by atoms with van der Waals surface area (Å²) in [5.74, 6) is 0.274. The molecule has 0 saturated heterocycles. The average Bonchev–Trinajstić information content (AvgIpc) is 2.81. The first kappa shape index (κ1) is 22.9. The van der Waals surface area contributed by atoms with Gasteiger partial charge in [0.05, 0.1) is 25.3 Å². The zero-order valence-electron chi connectivity index (χ0n) is 18.2. The number of carbonyl (C=O) groups excluding carboxylic acids is 2. The van der Waals surface area contributed by atoms with Gasteiger partial charge in [-0.15, -0.1) is 0 Å². The van der Waals surface area contributed by atoms with Crippen molar-refractivity contribution in [3.8, 4) is 11.5 Å². The maximum atomic E-state index is 13.1. The van der Waals surface area contributed by atoms with Crippen LogP contribution in [0.3, 0.4) is 0 Å². The van der Waals surface area contributed by atoms with E-state index in [0.29, 0.717) is 29.4 Å². The largest absolute Gasteiger partial charge is 0.493 e. The highest BCUT2D eigenvalue weighted by Crippen LogP contribution is 2.27. The molecule has 0 aromatic heterocycles. The molecule has 0 radical (unpaired) electrons. The fourth-order valence-electron chi connectivity index (χ4n) is 3.10. The van der Waals surface area contributed by atoms with E-state index in [0.717, 1.165) is 5.56 Å². The number of ether oxygens (including phenoxy) is 3. The number of benzene rings is 3. The topological polar surface area (TPSA) is 73.9 Å². The third kappa shape index (κ3) is 6.35. The normalized spacial score (nSPS) is 11.3. The van der Waals surface area contributed by atoms with Crippen molar-refractivity contribution < 1.29 is 23.8 Å². The first-order chi connectivity index (χ1) is 15.6. The molecule has 0 aliphatic rings. The van der Waals surface area contributed by atoms with E-state index in [2.05, 4.69) is 5.32 Å². The van der Waals surface area contributed by atoms with Gasteiger partial charge < -0.3 is 19.5 Å². The minimum atomic E-state index is -1.10.